The molecule has 2 aromatic heterocycles. The van der Waals surface area contributed by atoms with Crippen molar-refractivity contribution in [3.63, 3.8) is 0 Å². The molecule has 0 radical (unpaired) electrons. The Morgan fingerprint density at radius 2 is 2.36 bits per heavy atom. The van der Waals surface area contributed by atoms with E-state index in [1.54, 1.807) is 17.7 Å². The van der Waals surface area contributed by atoms with Crippen LogP contribution in [0.5, 0.6) is 0 Å². The molecule has 2 aromatic rings. The Kier molecular flexibility index (Phi) is 1.93. The van der Waals surface area contributed by atoms with Gasteiger partial charge in [0.25, 0.3) is 0 Å². The molecule has 0 saturated carbocycles. The summed E-state index contributed by atoms with van der Waals surface area (Å²) in [6.07, 6.45) is 3.02. The zero-order valence-corrected chi connectivity index (χ0v) is 8.12. The van der Waals surface area contributed by atoms with Crippen molar-refractivity contribution in [3.8, 4) is 0 Å². The van der Waals surface area contributed by atoms with Crippen LogP contribution in [0.2, 0.25) is 5.02 Å². The van der Waals surface area contributed by atoms with E-state index in [2.05, 4.69) is 4.98 Å². The Labute approximate surface area is 84.7 Å². The standard InChI is InChI=1S/C9H7ClN2O2/c1-12-4-7(9(13)14)6-2-5(10)3-11-8(6)12/h2-4H,1H3,(H,13,14). The highest BCUT2D eigenvalue weighted by molar-refractivity contribution is 6.31. The van der Waals surface area contributed by atoms with Gasteiger partial charge in [0.1, 0.15) is 5.65 Å². The molecule has 0 aliphatic rings. The van der Waals surface area contributed by atoms with Crippen molar-refractivity contribution < 1.29 is 9.90 Å². The van der Waals surface area contributed by atoms with E-state index in [-0.39, 0.29) is 5.56 Å². The van der Waals surface area contributed by atoms with Crippen molar-refractivity contribution in [1.29, 1.82) is 0 Å². The van der Waals surface area contributed by atoms with Gasteiger partial charge in [0.2, 0.25) is 0 Å². The minimum absolute atomic E-state index is 0.220. The average Bonchev–Trinajstić information content (AvgIpc) is 2.43. The monoisotopic (exact) mass is 210 g/mol. The summed E-state index contributed by atoms with van der Waals surface area (Å²) >= 11 is 5.74. The first-order valence-electron chi connectivity index (χ1n) is 3.93. The highest BCUT2D eigenvalue weighted by atomic mass is 35.5. The van der Waals surface area contributed by atoms with Gasteiger partial charge >= 0.3 is 5.97 Å². The number of carboxylic acids is 1. The number of hydrogen-bond donors (Lipinski definition) is 1. The first-order valence-corrected chi connectivity index (χ1v) is 4.31. The quantitative estimate of drug-likeness (QED) is 0.783. The van der Waals surface area contributed by atoms with E-state index in [1.165, 1.54) is 12.4 Å². The highest BCUT2D eigenvalue weighted by Crippen LogP contribution is 2.21. The number of aromatic nitrogens is 2. The summed E-state index contributed by atoms with van der Waals surface area (Å²) in [6.45, 7) is 0. The Bertz CT molecular complexity index is 519. The van der Waals surface area contributed by atoms with Crippen LogP contribution in [0.25, 0.3) is 11.0 Å². The lowest BCUT2D eigenvalue weighted by molar-refractivity contribution is 0.0699. The van der Waals surface area contributed by atoms with E-state index in [0.29, 0.717) is 16.1 Å². The molecule has 5 heteroatoms. The number of carbonyl (C=O) groups is 1. The number of hydrogen-bond acceptors (Lipinski definition) is 2. The van der Waals surface area contributed by atoms with Crippen molar-refractivity contribution in [3.05, 3.63) is 29.0 Å². The maximum atomic E-state index is 10.9. The molecular weight excluding hydrogens is 204 g/mol. The molecule has 0 bridgehead atoms. The highest BCUT2D eigenvalue weighted by Gasteiger charge is 2.13. The number of carboxylic acid groups (broad SMARTS) is 1. The van der Waals surface area contributed by atoms with Crippen molar-refractivity contribution in [2.24, 2.45) is 7.05 Å². The molecule has 0 atom stereocenters. The van der Waals surface area contributed by atoms with E-state index < -0.39 is 5.97 Å². The van der Waals surface area contributed by atoms with E-state index >= 15 is 0 Å². The zero-order chi connectivity index (χ0) is 10.3. The van der Waals surface area contributed by atoms with Gasteiger partial charge in [0.15, 0.2) is 0 Å². The number of halogens is 1. The van der Waals surface area contributed by atoms with E-state index in [0.717, 1.165) is 0 Å². The second-order valence-corrected chi connectivity index (χ2v) is 3.42. The molecule has 1 N–H and O–H groups in total. The Hall–Kier alpha value is -1.55. The maximum Gasteiger partial charge on any atom is 0.337 e. The molecule has 14 heavy (non-hydrogen) atoms. The van der Waals surface area contributed by atoms with Crippen LogP contribution < -0.4 is 0 Å². The molecule has 0 aromatic carbocycles. The molecule has 0 amide bonds. The number of nitrogens with zero attached hydrogens (tertiary/aromatic N) is 2. The van der Waals surface area contributed by atoms with Gasteiger partial charge in [0.05, 0.1) is 10.6 Å². The van der Waals surface area contributed by atoms with Crippen LogP contribution in [-0.4, -0.2) is 20.6 Å². The number of aryl methyl sites for hydroxylation is 1. The second kappa shape index (κ2) is 2.99. The summed E-state index contributed by atoms with van der Waals surface area (Å²) in [5, 5.41) is 9.90. The molecule has 0 aliphatic heterocycles. The van der Waals surface area contributed by atoms with Gasteiger partial charge in [-0.3, -0.25) is 0 Å². The van der Waals surface area contributed by atoms with E-state index in [4.69, 9.17) is 16.7 Å². The van der Waals surface area contributed by atoms with E-state index in [1.807, 2.05) is 0 Å². The zero-order valence-electron chi connectivity index (χ0n) is 7.36. The maximum absolute atomic E-state index is 10.9. The summed E-state index contributed by atoms with van der Waals surface area (Å²) in [5.74, 6) is -0.973. The fraction of sp³-hybridized carbons (Fsp3) is 0.111. The molecule has 0 saturated heterocycles. The largest absolute Gasteiger partial charge is 0.478 e. The van der Waals surface area contributed by atoms with Gasteiger partial charge in [-0.05, 0) is 6.07 Å². The molecule has 0 fully saturated rings. The number of aromatic carboxylic acids is 1. The molecule has 0 unspecified atom stereocenters. The van der Waals surface area contributed by atoms with Gasteiger partial charge in [-0.2, -0.15) is 0 Å². The summed E-state index contributed by atoms with van der Waals surface area (Å²) in [4.78, 5) is 14.9. The van der Waals surface area contributed by atoms with Crippen molar-refractivity contribution in [1.82, 2.24) is 9.55 Å². The lowest BCUT2D eigenvalue weighted by atomic mass is 10.2. The van der Waals surface area contributed by atoms with Gasteiger partial charge in [-0.15, -0.1) is 0 Å². The summed E-state index contributed by atoms with van der Waals surface area (Å²) in [7, 11) is 1.75. The van der Waals surface area contributed by atoms with Gasteiger partial charge in [-0.1, -0.05) is 11.6 Å². The molecule has 4 nitrogen and oxygen atoms in total. The van der Waals surface area contributed by atoms with Crippen LogP contribution in [0.15, 0.2) is 18.5 Å². The fourth-order valence-electron chi connectivity index (χ4n) is 1.41. The normalized spacial score (nSPS) is 10.7. The molecular formula is C9H7ClN2O2. The summed E-state index contributed by atoms with van der Waals surface area (Å²) in [5.41, 5.74) is 0.837. The third-order valence-electron chi connectivity index (χ3n) is 2.01. The van der Waals surface area contributed by atoms with Crippen LogP contribution in [0.4, 0.5) is 0 Å². The average molecular weight is 211 g/mol. The van der Waals surface area contributed by atoms with Crippen molar-refractivity contribution in [2.45, 2.75) is 0 Å². The minimum Gasteiger partial charge on any atom is -0.478 e. The molecule has 2 heterocycles. The lowest BCUT2D eigenvalue weighted by Crippen LogP contribution is -1.93. The van der Waals surface area contributed by atoms with Crippen LogP contribution in [0.3, 0.4) is 0 Å². The second-order valence-electron chi connectivity index (χ2n) is 2.98. The molecule has 72 valence electrons. The number of fused-ring (bicyclic) bond motifs is 1. The first kappa shape index (κ1) is 9.02. The summed E-state index contributed by atoms with van der Waals surface area (Å²) < 4.78 is 1.66. The third kappa shape index (κ3) is 1.24. The third-order valence-corrected chi connectivity index (χ3v) is 2.22. The van der Waals surface area contributed by atoms with Crippen LogP contribution >= 0.6 is 11.6 Å². The van der Waals surface area contributed by atoms with Gasteiger partial charge < -0.3 is 9.67 Å². The molecule has 0 spiro atoms. The fourth-order valence-corrected chi connectivity index (χ4v) is 1.56. The topological polar surface area (TPSA) is 55.1 Å². The Balaban J connectivity index is 2.85. The van der Waals surface area contributed by atoms with Crippen LogP contribution in [0.1, 0.15) is 10.4 Å². The van der Waals surface area contributed by atoms with E-state index in [9.17, 15) is 4.79 Å². The van der Waals surface area contributed by atoms with Gasteiger partial charge in [0, 0.05) is 24.8 Å². The SMILES string of the molecule is Cn1cc(C(=O)O)c2cc(Cl)cnc21. The summed E-state index contributed by atoms with van der Waals surface area (Å²) in [6, 6.07) is 1.60. The smallest absolute Gasteiger partial charge is 0.337 e. The lowest BCUT2D eigenvalue weighted by Gasteiger charge is -1.94. The first-order chi connectivity index (χ1) is 6.59. The van der Waals surface area contributed by atoms with Crippen molar-refractivity contribution in [2.75, 3.05) is 0 Å². The Morgan fingerprint density at radius 3 is 3.00 bits per heavy atom. The minimum atomic E-state index is -0.973. The van der Waals surface area contributed by atoms with Crippen LogP contribution in [0, 0.1) is 0 Å². The van der Waals surface area contributed by atoms with Crippen LogP contribution in [-0.2, 0) is 7.05 Å². The molecule has 0 aliphatic carbocycles. The molecule has 2 rings (SSSR count). The predicted octanol–water partition coefficient (Wildman–Crippen LogP) is 1.92. The predicted molar refractivity (Wildman–Crippen MR) is 52.7 cm³/mol. The van der Waals surface area contributed by atoms with Gasteiger partial charge in [-0.25, -0.2) is 9.78 Å². The number of pyridine rings is 1. The van der Waals surface area contributed by atoms with Crippen molar-refractivity contribution >= 4 is 28.6 Å². The number of rotatable bonds is 1. The Morgan fingerprint density at radius 1 is 1.64 bits per heavy atom.